The Kier molecular flexibility index (Phi) is 5.78. The average molecular weight is 379 g/mol. The number of phenols is 1. The fourth-order valence-corrected chi connectivity index (χ4v) is 3.32. The van der Waals surface area contributed by atoms with E-state index < -0.39 is 0 Å². The lowest BCUT2D eigenvalue weighted by atomic mass is 9.90. The maximum absolute atomic E-state index is 12.8. The number of pyridine rings is 1. The van der Waals surface area contributed by atoms with E-state index in [-0.39, 0.29) is 23.4 Å². The number of imidazole rings is 1. The van der Waals surface area contributed by atoms with E-state index in [2.05, 4.69) is 24.1 Å². The largest absolute Gasteiger partial charge is 0.508 e. The molecule has 3 rings (SSSR count). The Labute approximate surface area is 164 Å². The van der Waals surface area contributed by atoms with E-state index in [1.54, 1.807) is 40.9 Å². The predicted molar refractivity (Wildman–Crippen MR) is 108 cm³/mol. The van der Waals surface area contributed by atoms with Crippen LogP contribution < -0.4 is 5.32 Å². The van der Waals surface area contributed by atoms with Crippen LogP contribution in [0.4, 0.5) is 0 Å². The summed E-state index contributed by atoms with van der Waals surface area (Å²) in [6.07, 6.45) is 2.51. The number of ketones is 1. The molecule has 2 aromatic heterocycles. The van der Waals surface area contributed by atoms with Crippen molar-refractivity contribution < 1.29 is 14.7 Å². The van der Waals surface area contributed by atoms with Crippen molar-refractivity contribution in [3.8, 4) is 5.75 Å². The van der Waals surface area contributed by atoms with E-state index >= 15 is 0 Å². The fourth-order valence-electron chi connectivity index (χ4n) is 3.32. The van der Waals surface area contributed by atoms with E-state index in [4.69, 9.17) is 0 Å². The number of hydrogen-bond acceptors (Lipinski definition) is 4. The van der Waals surface area contributed by atoms with Gasteiger partial charge in [-0.05, 0) is 42.2 Å². The first-order chi connectivity index (χ1) is 13.3. The van der Waals surface area contributed by atoms with Gasteiger partial charge in [-0.3, -0.25) is 14.0 Å². The number of Topliss-reactive ketones (excluding diaryl/α,β-unsaturated/α-hetero) is 1. The molecule has 2 heterocycles. The number of nitrogens with zero attached hydrogens (tertiary/aromatic N) is 2. The highest BCUT2D eigenvalue weighted by atomic mass is 16.3. The SMILES string of the molecule is CC(=O)c1cn2c(C(=O)NCC(CC(C)C)c3ccc(O)cc3)cccc2n1. The average Bonchev–Trinajstić information content (AvgIpc) is 3.10. The Morgan fingerprint density at radius 2 is 1.86 bits per heavy atom. The monoisotopic (exact) mass is 379 g/mol. The summed E-state index contributed by atoms with van der Waals surface area (Å²) >= 11 is 0. The maximum Gasteiger partial charge on any atom is 0.268 e. The first-order valence-corrected chi connectivity index (χ1v) is 9.41. The van der Waals surface area contributed by atoms with Crippen LogP contribution in [0.25, 0.3) is 5.65 Å². The summed E-state index contributed by atoms with van der Waals surface area (Å²) in [5, 5.41) is 12.5. The van der Waals surface area contributed by atoms with Crippen LogP contribution in [0.5, 0.6) is 5.75 Å². The molecule has 0 spiro atoms. The van der Waals surface area contributed by atoms with Gasteiger partial charge >= 0.3 is 0 Å². The number of fused-ring (bicyclic) bond motifs is 1. The van der Waals surface area contributed by atoms with Gasteiger partial charge in [0, 0.05) is 25.6 Å². The summed E-state index contributed by atoms with van der Waals surface area (Å²) in [5.74, 6) is 0.472. The maximum atomic E-state index is 12.8. The Morgan fingerprint density at radius 3 is 2.50 bits per heavy atom. The molecule has 1 aromatic carbocycles. The van der Waals surface area contributed by atoms with Crippen molar-refractivity contribution in [3.05, 3.63) is 65.6 Å². The van der Waals surface area contributed by atoms with E-state index in [9.17, 15) is 14.7 Å². The topological polar surface area (TPSA) is 83.7 Å². The van der Waals surface area contributed by atoms with Crippen molar-refractivity contribution in [1.82, 2.24) is 14.7 Å². The summed E-state index contributed by atoms with van der Waals surface area (Å²) in [6.45, 7) is 6.22. The van der Waals surface area contributed by atoms with Crippen LogP contribution in [0.2, 0.25) is 0 Å². The zero-order valence-corrected chi connectivity index (χ0v) is 16.3. The molecule has 0 saturated carbocycles. The smallest absolute Gasteiger partial charge is 0.268 e. The van der Waals surface area contributed by atoms with Crippen LogP contribution in [0.3, 0.4) is 0 Å². The van der Waals surface area contributed by atoms with Gasteiger partial charge in [-0.2, -0.15) is 0 Å². The second-order valence-electron chi connectivity index (χ2n) is 7.45. The van der Waals surface area contributed by atoms with Crippen molar-refractivity contribution in [2.75, 3.05) is 6.54 Å². The van der Waals surface area contributed by atoms with Crippen molar-refractivity contribution in [2.45, 2.75) is 33.1 Å². The summed E-state index contributed by atoms with van der Waals surface area (Å²) in [4.78, 5) is 28.7. The number of carbonyl (C=O) groups excluding carboxylic acids is 2. The fraction of sp³-hybridized carbons (Fsp3) is 0.318. The Morgan fingerprint density at radius 1 is 1.14 bits per heavy atom. The number of phenolic OH excluding ortho intramolecular Hbond substituents is 1. The van der Waals surface area contributed by atoms with Gasteiger partial charge in [-0.1, -0.05) is 32.0 Å². The van der Waals surface area contributed by atoms with Crippen molar-refractivity contribution in [1.29, 1.82) is 0 Å². The van der Waals surface area contributed by atoms with Crippen molar-refractivity contribution in [2.24, 2.45) is 5.92 Å². The number of hydrogen-bond donors (Lipinski definition) is 2. The second kappa shape index (κ2) is 8.25. The van der Waals surface area contributed by atoms with Gasteiger partial charge in [0.05, 0.1) is 0 Å². The normalized spacial score (nSPS) is 12.3. The van der Waals surface area contributed by atoms with Crippen LogP contribution in [0.1, 0.15) is 59.7 Å². The van der Waals surface area contributed by atoms with Gasteiger partial charge in [0.25, 0.3) is 5.91 Å². The Balaban J connectivity index is 1.80. The number of carbonyl (C=O) groups is 2. The molecular formula is C22H25N3O3. The molecule has 6 nitrogen and oxygen atoms in total. The van der Waals surface area contributed by atoms with Gasteiger partial charge in [-0.15, -0.1) is 0 Å². The van der Waals surface area contributed by atoms with Gasteiger partial charge < -0.3 is 10.4 Å². The highest BCUT2D eigenvalue weighted by Crippen LogP contribution is 2.25. The lowest BCUT2D eigenvalue weighted by Gasteiger charge is -2.20. The third kappa shape index (κ3) is 4.39. The molecule has 0 aliphatic carbocycles. The Bertz CT molecular complexity index is 990. The van der Waals surface area contributed by atoms with E-state index in [1.165, 1.54) is 6.92 Å². The number of aromatic hydroxyl groups is 1. The molecule has 146 valence electrons. The molecular weight excluding hydrogens is 354 g/mol. The Hall–Kier alpha value is -3.15. The molecule has 6 heteroatoms. The number of aromatic nitrogens is 2. The molecule has 1 atom stereocenters. The molecule has 3 aromatic rings. The lowest BCUT2D eigenvalue weighted by molar-refractivity contribution is 0.0942. The lowest BCUT2D eigenvalue weighted by Crippen LogP contribution is -2.30. The van der Waals surface area contributed by atoms with Gasteiger partial charge in [0.15, 0.2) is 5.78 Å². The molecule has 0 fully saturated rings. The van der Waals surface area contributed by atoms with Crippen LogP contribution in [0.15, 0.2) is 48.7 Å². The number of benzene rings is 1. The first-order valence-electron chi connectivity index (χ1n) is 9.41. The van der Waals surface area contributed by atoms with Crippen LogP contribution >= 0.6 is 0 Å². The standard InChI is InChI=1S/C22H25N3O3/c1-14(2)11-17(16-7-9-18(27)10-8-16)12-23-22(28)20-5-4-6-21-24-19(15(3)26)13-25(20)21/h4-10,13-14,17,27H,11-12H2,1-3H3,(H,23,28). The highest BCUT2D eigenvalue weighted by Gasteiger charge is 2.18. The minimum absolute atomic E-state index is 0.138. The number of nitrogens with one attached hydrogen (secondary N) is 1. The molecule has 0 bridgehead atoms. The van der Waals surface area contributed by atoms with E-state index in [0.717, 1.165) is 12.0 Å². The third-order valence-electron chi connectivity index (χ3n) is 4.71. The number of rotatable bonds is 7. The molecule has 28 heavy (non-hydrogen) atoms. The molecule has 0 aliphatic heterocycles. The molecule has 0 radical (unpaired) electrons. The quantitative estimate of drug-likeness (QED) is 0.612. The summed E-state index contributed by atoms with van der Waals surface area (Å²) in [5.41, 5.74) is 2.41. The molecule has 0 saturated heterocycles. The predicted octanol–water partition coefficient (Wildman–Crippen LogP) is 3.80. The van der Waals surface area contributed by atoms with Crippen LogP contribution in [-0.2, 0) is 0 Å². The minimum Gasteiger partial charge on any atom is -0.508 e. The van der Waals surface area contributed by atoms with E-state index in [0.29, 0.717) is 29.5 Å². The van der Waals surface area contributed by atoms with E-state index in [1.807, 2.05) is 12.1 Å². The van der Waals surface area contributed by atoms with Gasteiger partial charge in [0.1, 0.15) is 22.8 Å². The van der Waals surface area contributed by atoms with Gasteiger partial charge in [-0.25, -0.2) is 4.98 Å². The summed E-state index contributed by atoms with van der Waals surface area (Å²) in [7, 11) is 0. The van der Waals surface area contributed by atoms with Crippen molar-refractivity contribution in [3.63, 3.8) is 0 Å². The van der Waals surface area contributed by atoms with Crippen LogP contribution in [0, 0.1) is 5.92 Å². The highest BCUT2D eigenvalue weighted by molar-refractivity contribution is 5.95. The minimum atomic E-state index is -0.217. The second-order valence-corrected chi connectivity index (χ2v) is 7.45. The molecule has 2 N–H and O–H groups in total. The van der Waals surface area contributed by atoms with Gasteiger partial charge in [0.2, 0.25) is 0 Å². The van der Waals surface area contributed by atoms with Crippen LogP contribution in [-0.4, -0.2) is 32.7 Å². The third-order valence-corrected chi connectivity index (χ3v) is 4.71. The summed E-state index contributed by atoms with van der Waals surface area (Å²) in [6, 6.07) is 12.4. The molecule has 0 aliphatic rings. The van der Waals surface area contributed by atoms with Crippen molar-refractivity contribution >= 4 is 17.3 Å². The molecule has 1 amide bonds. The zero-order valence-electron chi connectivity index (χ0n) is 16.3. The number of amides is 1. The zero-order chi connectivity index (χ0) is 20.3. The summed E-state index contributed by atoms with van der Waals surface area (Å²) < 4.78 is 1.64. The first kappa shape index (κ1) is 19.6. The molecule has 1 unspecified atom stereocenters.